The van der Waals surface area contributed by atoms with Crippen molar-refractivity contribution in [1.29, 1.82) is 0 Å². The molecule has 14 heavy (non-hydrogen) atoms. The van der Waals surface area contributed by atoms with E-state index in [0.717, 1.165) is 6.07 Å². The number of fused-ring (bicyclic) bond motifs is 1. The number of hydrogen-bond donors (Lipinski definition) is 1. The monoisotopic (exact) mass is 210 g/mol. The van der Waals surface area contributed by atoms with Crippen molar-refractivity contribution in [1.82, 2.24) is 0 Å². The molecule has 0 saturated heterocycles. The number of phenols is 1. The van der Waals surface area contributed by atoms with Crippen molar-refractivity contribution in [3.63, 3.8) is 0 Å². The van der Waals surface area contributed by atoms with Gasteiger partial charge in [0.05, 0.1) is 4.90 Å². The summed E-state index contributed by atoms with van der Waals surface area (Å²) in [5.41, 5.74) is 0.435. The van der Waals surface area contributed by atoms with Crippen LogP contribution >= 0.6 is 0 Å². The maximum atomic E-state index is 11.6. The SMILES string of the molecule is O=CC1=Cc2ccc(O)cc2S1(=O)=O. The first-order valence-corrected chi connectivity index (χ1v) is 5.29. The van der Waals surface area contributed by atoms with Crippen LogP contribution in [0.1, 0.15) is 5.56 Å². The zero-order valence-corrected chi connectivity index (χ0v) is 7.78. The van der Waals surface area contributed by atoms with Crippen molar-refractivity contribution in [3.8, 4) is 5.75 Å². The topological polar surface area (TPSA) is 71.4 Å². The molecule has 1 aliphatic rings. The lowest BCUT2D eigenvalue weighted by Crippen LogP contribution is -2.00. The Kier molecular flexibility index (Phi) is 1.72. The maximum absolute atomic E-state index is 11.6. The molecule has 0 spiro atoms. The maximum Gasteiger partial charge on any atom is 0.210 e. The number of rotatable bonds is 1. The van der Waals surface area contributed by atoms with Gasteiger partial charge in [0.1, 0.15) is 10.7 Å². The summed E-state index contributed by atoms with van der Waals surface area (Å²) < 4.78 is 23.1. The smallest absolute Gasteiger partial charge is 0.210 e. The standard InChI is InChI=1S/C9H6O4S/c10-5-8-3-6-1-2-7(11)4-9(6)14(8,12)13/h1-5,11H. The summed E-state index contributed by atoms with van der Waals surface area (Å²) >= 11 is 0. The number of benzene rings is 1. The summed E-state index contributed by atoms with van der Waals surface area (Å²) in [6.07, 6.45) is 1.59. The number of hydrogen-bond acceptors (Lipinski definition) is 4. The van der Waals surface area contributed by atoms with Crippen molar-refractivity contribution >= 4 is 22.2 Å². The number of allylic oxidation sites excluding steroid dienone is 1. The quantitative estimate of drug-likeness (QED) is 0.693. The number of sulfone groups is 1. The minimum Gasteiger partial charge on any atom is -0.508 e. The van der Waals surface area contributed by atoms with Crippen LogP contribution in [0.15, 0.2) is 28.0 Å². The van der Waals surface area contributed by atoms with E-state index in [1.54, 1.807) is 0 Å². The zero-order valence-electron chi connectivity index (χ0n) is 6.97. The third-order valence-corrected chi connectivity index (χ3v) is 3.78. The Labute approximate surface area is 80.4 Å². The van der Waals surface area contributed by atoms with Crippen molar-refractivity contribution in [3.05, 3.63) is 28.7 Å². The second-order valence-electron chi connectivity index (χ2n) is 2.89. The Morgan fingerprint density at radius 1 is 1.29 bits per heavy atom. The van der Waals surface area contributed by atoms with Crippen molar-refractivity contribution in [2.24, 2.45) is 0 Å². The molecule has 0 radical (unpaired) electrons. The van der Waals surface area contributed by atoms with E-state index in [0.29, 0.717) is 11.8 Å². The van der Waals surface area contributed by atoms with Crippen LogP contribution in [-0.4, -0.2) is 19.8 Å². The van der Waals surface area contributed by atoms with E-state index in [1.165, 1.54) is 18.2 Å². The normalized spacial score (nSPS) is 17.3. The molecule has 0 saturated carbocycles. The van der Waals surface area contributed by atoms with Crippen LogP contribution in [0.4, 0.5) is 0 Å². The molecule has 1 aromatic rings. The highest BCUT2D eigenvalue weighted by atomic mass is 32.2. The lowest BCUT2D eigenvalue weighted by atomic mass is 10.2. The second-order valence-corrected chi connectivity index (χ2v) is 4.81. The molecule has 0 unspecified atom stereocenters. The first-order valence-electron chi connectivity index (χ1n) is 3.80. The van der Waals surface area contributed by atoms with E-state index in [2.05, 4.69) is 0 Å². The van der Waals surface area contributed by atoms with E-state index in [9.17, 15) is 13.2 Å². The predicted molar refractivity (Wildman–Crippen MR) is 49.3 cm³/mol. The van der Waals surface area contributed by atoms with E-state index in [-0.39, 0.29) is 15.6 Å². The molecule has 1 aliphatic heterocycles. The van der Waals surface area contributed by atoms with Gasteiger partial charge in [-0.15, -0.1) is 0 Å². The van der Waals surface area contributed by atoms with Crippen molar-refractivity contribution in [2.75, 3.05) is 0 Å². The fourth-order valence-corrected chi connectivity index (χ4v) is 2.71. The summed E-state index contributed by atoms with van der Waals surface area (Å²) in [4.78, 5) is 10.2. The molecule has 5 heteroatoms. The molecule has 0 aromatic heterocycles. The molecule has 1 N–H and O–H groups in total. The van der Waals surface area contributed by atoms with Gasteiger partial charge >= 0.3 is 0 Å². The minimum absolute atomic E-state index is 0.0143. The van der Waals surface area contributed by atoms with Gasteiger partial charge in [-0.05, 0) is 29.8 Å². The predicted octanol–water partition coefficient (Wildman–Crippen LogP) is 0.719. The van der Waals surface area contributed by atoms with E-state index >= 15 is 0 Å². The fourth-order valence-electron chi connectivity index (χ4n) is 1.33. The van der Waals surface area contributed by atoms with Crippen LogP contribution in [0.25, 0.3) is 6.08 Å². The first-order chi connectivity index (χ1) is 6.55. The Morgan fingerprint density at radius 2 is 2.00 bits per heavy atom. The third kappa shape index (κ3) is 1.06. The lowest BCUT2D eigenvalue weighted by Gasteiger charge is -1.99. The third-order valence-electron chi connectivity index (χ3n) is 2.01. The average Bonchev–Trinajstić information content (AvgIpc) is 2.38. The van der Waals surface area contributed by atoms with Gasteiger partial charge in [-0.1, -0.05) is 0 Å². The van der Waals surface area contributed by atoms with Crippen LogP contribution < -0.4 is 0 Å². The molecule has 4 nitrogen and oxygen atoms in total. The summed E-state index contributed by atoms with van der Waals surface area (Å²) in [7, 11) is -3.69. The largest absolute Gasteiger partial charge is 0.508 e. The molecular formula is C9H6O4S. The first kappa shape index (κ1) is 8.96. The Bertz CT molecular complexity index is 540. The summed E-state index contributed by atoms with van der Waals surface area (Å²) in [5, 5.41) is 9.11. The highest BCUT2D eigenvalue weighted by Crippen LogP contribution is 2.33. The molecule has 72 valence electrons. The van der Waals surface area contributed by atoms with Gasteiger partial charge in [-0.25, -0.2) is 8.42 Å². The van der Waals surface area contributed by atoms with Gasteiger partial charge in [0.25, 0.3) is 0 Å². The summed E-state index contributed by atoms with van der Waals surface area (Å²) in [6.45, 7) is 0. The number of phenolic OH excluding ortho intramolecular Hbond substituents is 1. The van der Waals surface area contributed by atoms with Gasteiger partial charge in [0, 0.05) is 0 Å². The molecule has 0 aliphatic carbocycles. The van der Waals surface area contributed by atoms with E-state index in [4.69, 9.17) is 5.11 Å². The number of aromatic hydroxyl groups is 1. The molecular weight excluding hydrogens is 204 g/mol. The van der Waals surface area contributed by atoms with Gasteiger partial charge in [-0.3, -0.25) is 4.79 Å². The molecule has 0 amide bonds. The number of carbonyl (C=O) groups excluding carboxylic acids is 1. The summed E-state index contributed by atoms with van der Waals surface area (Å²) in [5.74, 6) is -0.132. The molecule has 0 bridgehead atoms. The van der Waals surface area contributed by atoms with Crippen LogP contribution in [-0.2, 0) is 14.6 Å². The Balaban J connectivity index is 2.77. The highest BCUT2D eigenvalue weighted by molar-refractivity contribution is 7.96. The van der Waals surface area contributed by atoms with E-state index < -0.39 is 9.84 Å². The Morgan fingerprint density at radius 3 is 2.64 bits per heavy atom. The minimum atomic E-state index is -3.69. The van der Waals surface area contributed by atoms with Crippen LogP contribution in [0.3, 0.4) is 0 Å². The van der Waals surface area contributed by atoms with Crippen LogP contribution in [0.2, 0.25) is 0 Å². The van der Waals surface area contributed by atoms with Crippen molar-refractivity contribution in [2.45, 2.75) is 4.90 Å². The van der Waals surface area contributed by atoms with Crippen LogP contribution in [0.5, 0.6) is 5.75 Å². The zero-order chi connectivity index (χ0) is 10.3. The number of carbonyl (C=O) groups is 1. The van der Waals surface area contributed by atoms with Crippen LogP contribution in [0, 0.1) is 0 Å². The Hall–Kier alpha value is -1.62. The van der Waals surface area contributed by atoms with Gasteiger partial charge in [0.15, 0.2) is 6.29 Å². The fraction of sp³-hybridized carbons (Fsp3) is 0. The van der Waals surface area contributed by atoms with Gasteiger partial charge < -0.3 is 5.11 Å². The number of aldehydes is 1. The molecule has 0 fully saturated rings. The van der Waals surface area contributed by atoms with Crippen molar-refractivity contribution < 1.29 is 18.3 Å². The highest BCUT2D eigenvalue weighted by Gasteiger charge is 2.29. The molecule has 1 heterocycles. The van der Waals surface area contributed by atoms with E-state index in [1.807, 2.05) is 0 Å². The molecule has 1 aromatic carbocycles. The second kappa shape index (κ2) is 2.68. The molecule has 2 rings (SSSR count). The van der Waals surface area contributed by atoms with Gasteiger partial charge in [-0.2, -0.15) is 0 Å². The average molecular weight is 210 g/mol. The molecule has 0 atom stereocenters. The summed E-state index contributed by atoms with van der Waals surface area (Å²) in [6, 6.07) is 3.97. The van der Waals surface area contributed by atoms with Gasteiger partial charge in [0.2, 0.25) is 9.84 Å². The lowest BCUT2D eigenvalue weighted by molar-refractivity contribution is -0.104.